The molecule has 0 N–H and O–H groups in total. The van der Waals surface area contributed by atoms with Crippen molar-refractivity contribution < 1.29 is 9.13 Å². The van der Waals surface area contributed by atoms with E-state index < -0.39 is 0 Å². The Bertz CT molecular complexity index is 2800. The fourth-order valence-electron chi connectivity index (χ4n) is 8.83. The molecular formula is C55H52N2+2. The average Bonchev–Trinajstić information content (AvgIpc) is 3.19. The third kappa shape index (κ3) is 7.36. The van der Waals surface area contributed by atoms with E-state index in [9.17, 15) is 0 Å². The maximum Gasteiger partial charge on any atom is 0.213 e. The van der Waals surface area contributed by atoms with Gasteiger partial charge in [0.25, 0.3) is 0 Å². The fraction of sp³-hybridized carbons (Fsp3) is 0.164. The second kappa shape index (κ2) is 15.3. The van der Waals surface area contributed by atoms with Crippen LogP contribution in [-0.4, -0.2) is 0 Å². The van der Waals surface area contributed by atoms with Gasteiger partial charge in [0, 0.05) is 34.9 Å². The Morgan fingerprint density at radius 1 is 0.316 bits per heavy atom. The predicted octanol–water partition coefficient (Wildman–Crippen LogP) is 13.2. The van der Waals surface area contributed by atoms with Crippen LogP contribution in [-0.2, 0) is 14.1 Å². The zero-order valence-electron chi connectivity index (χ0n) is 34.8. The highest BCUT2D eigenvalue weighted by atomic mass is 14.9. The quantitative estimate of drug-likeness (QED) is 0.144. The van der Waals surface area contributed by atoms with Crippen LogP contribution >= 0.6 is 0 Å². The van der Waals surface area contributed by atoms with Gasteiger partial charge in [-0.15, -0.1) is 0 Å². The van der Waals surface area contributed by atoms with Crippen molar-refractivity contribution in [2.45, 2.75) is 48.5 Å². The van der Waals surface area contributed by atoms with Gasteiger partial charge in [-0.1, -0.05) is 103 Å². The monoisotopic (exact) mass is 740 g/mol. The standard InChI is InChI=1S/C55H52N2/c1-35-25-39(5)55(40(6)26-35)52-33-54(57(9)34-41(52)7)50-30-47(22-21-36(50)2)45-19-13-17-43(28-45)44-18-14-20-46(29-44)48-23-24-56(8)53(31-48)51-32-49(37(3)27-38(51)4)42-15-11-10-12-16-42/h10-34H,1-9H3/q+2. The zero-order chi connectivity index (χ0) is 40.0. The SMILES string of the molecule is Cc1cc(C)c(-c2cc(-c3cc(-c4cccc(-c5cccc(-c6cc[n+](C)c(-c7cc(-c8ccccc8)c(C)cc7C)c6)c5)c4)ccc3C)[n+](C)cc2C)c(C)c1. The number of hydrogen-bond acceptors (Lipinski definition) is 0. The van der Waals surface area contributed by atoms with Crippen molar-refractivity contribution in [1.82, 2.24) is 0 Å². The topological polar surface area (TPSA) is 7.76 Å². The Morgan fingerprint density at radius 3 is 1.47 bits per heavy atom. The van der Waals surface area contributed by atoms with E-state index in [1.807, 2.05) is 0 Å². The summed E-state index contributed by atoms with van der Waals surface area (Å²) in [5, 5.41) is 0. The maximum atomic E-state index is 2.39. The van der Waals surface area contributed by atoms with Crippen molar-refractivity contribution in [1.29, 1.82) is 0 Å². The van der Waals surface area contributed by atoms with Crippen LogP contribution in [0.1, 0.15) is 38.9 Å². The van der Waals surface area contributed by atoms with E-state index in [0.717, 1.165) is 0 Å². The third-order valence-electron chi connectivity index (χ3n) is 11.7. The lowest BCUT2D eigenvalue weighted by Crippen LogP contribution is -2.31. The van der Waals surface area contributed by atoms with Crippen molar-refractivity contribution in [3.05, 3.63) is 191 Å². The van der Waals surface area contributed by atoms with Crippen LogP contribution in [0.5, 0.6) is 0 Å². The van der Waals surface area contributed by atoms with Crippen LogP contribution in [0.15, 0.2) is 152 Å². The molecule has 2 nitrogen and oxygen atoms in total. The van der Waals surface area contributed by atoms with E-state index in [1.165, 1.54) is 117 Å². The van der Waals surface area contributed by atoms with Crippen LogP contribution in [0.3, 0.4) is 0 Å². The van der Waals surface area contributed by atoms with Gasteiger partial charge in [-0.25, -0.2) is 9.13 Å². The second-order valence-corrected chi connectivity index (χ2v) is 16.1. The Hall–Kier alpha value is -6.38. The van der Waals surface area contributed by atoms with Gasteiger partial charge in [-0.3, -0.25) is 0 Å². The third-order valence-corrected chi connectivity index (χ3v) is 11.7. The van der Waals surface area contributed by atoms with E-state index in [-0.39, 0.29) is 0 Å². The van der Waals surface area contributed by atoms with Crippen molar-refractivity contribution >= 4 is 0 Å². The number of aryl methyl sites for hydroxylation is 9. The van der Waals surface area contributed by atoms with Crippen LogP contribution in [0.4, 0.5) is 0 Å². The summed E-state index contributed by atoms with van der Waals surface area (Å²) in [4.78, 5) is 0. The van der Waals surface area contributed by atoms with Crippen LogP contribution in [0.25, 0.3) is 78.1 Å². The second-order valence-electron chi connectivity index (χ2n) is 16.1. The minimum atomic E-state index is 1.20. The molecule has 0 aliphatic rings. The molecule has 6 aromatic carbocycles. The first-order valence-corrected chi connectivity index (χ1v) is 20.0. The summed E-state index contributed by atoms with van der Waals surface area (Å²) in [6, 6.07) is 51.8. The van der Waals surface area contributed by atoms with Gasteiger partial charge in [-0.05, 0) is 156 Å². The molecule has 0 atom stereocenters. The first-order chi connectivity index (χ1) is 27.4. The summed E-state index contributed by atoms with van der Waals surface area (Å²) < 4.78 is 4.52. The van der Waals surface area contributed by atoms with E-state index in [4.69, 9.17) is 0 Å². The average molecular weight is 741 g/mol. The van der Waals surface area contributed by atoms with Crippen LogP contribution in [0, 0.1) is 48.5 Å². The lowest BCUT2D eigenvalue weighted by Gasteiger charge is -2.15. The lowest BCUT2D eigenvalue weighted by molar-refractivity contribution is -0.660. The number of pyridine rings is 2. The molecule has 0 bridgehead atoms. The van der Waals surface area contributed by atoms with Crippen LogP contribution < -0.4 is 9.13 Å². The van der Waals surface area contributed by atoms with Gasteiger partial charge in [0.2, 0.25) is 11.4 Å². The van der Waals surface area contributed by atoms with Crippen molar-refractivity contribution in [2.75, 3.05) is 0 Å². The molecule has 8 aromatic rings. The summed E-state index contributed by atoms with van der Waals surface area (Å²) in [5.74, 6) is 0. The van der Waals surface area contributed by atoms with E-state index >= 15 is 0 Å². The summed E-state index contributed by atoms with van der Waals surface area (Å²) >= 11 is 0. The molecule has 0 fully saturated rings. The molecule has 0 amide bonds. The molecule has 280 valence electrons. The largest absolute Gasteiger partial charge is 0.213 e. The summed E-state index contributed by atoms with van der Waals surface area (Å²) in [5.41, 5.74) is 26.3. The number of aromatic nitrogens is 2. The number of nitrogens with zero attached hydrogens (tertiary/aromatic N) is 2. The highest BCUT2D eigenvalue weighted by Crippen LogP contribution is 2.37. The van der Waals surface area contributed by atoms with Crippen molar-refractivity contribution in [2.24, 2.45) is 14.1 Å². The molecule has 0 spiro atoms. The molecule has 0 saturated carbocycles. The maximum absolute atomic E-state index is 2.39. The molecule has 0 aliphatic heterocycles. The molecule has 0 radical (unpaired) electrons. The number of hydrogen-bond donors (Lipinski definition) is 0. The first-order valence-electron chi connectivity index (χ1n) is 20.0. The van der Waals surface area contributed by atoms with Gasteiger partial charge < -0.3 is 0 Å². The minimum absolute atomic E-state index is 1.20. The smallest absolute Gasteiger partial charge is 0.201 e. The van der Waals surface area contributed by atoms with Gasteiger partial charge in [0.1, 0.15) is 14.1 Å². The van der Waals surface area contributed by atoms with Gasteiger partial charge in [0.15, 0.2) is 12.4 Å². The highest BCUT2D eigenvalue weighted by molar-refractivity contribution is 5.82. The zero-order valence-corrected chi connectivity index (χ0v) is 34.8. The van der Waals surface area contributed by atoms with Crippen LogP contribution in [0.2, 0.25) is 0 Å². The molecule has 0 aliphatic carbocycles. The molecule has 57 heavy (non-hydrogen) atoms. The summed E-state index contributed by atoms with van der Waals surface area (Å²) in [6.07, 6.45) is 4.47. The minimum Gasteiger partial charge on any atom is -0.201 e. The van der Waals surface area contributed by atoms with Gasteiger partial charge in [-0.2, -0.15) is 0 Å². The van der Waals surface area contributed by atoms with Crippen molar-refractivity contribution in [3.8, 4) is 78.1 Å². The van der Waals surface area contributed by atoms with E-state index in [2.05, 4.69) is 224 Å². The van der Waals surface area contributed by atoms with Crippen molar-refractivity contribution in [3.63, 3.8) is 0 Å². The normalized spacial score (nSPS) is 11.2. The molecular weight excluding hydrogens is 689 g/mol. The van der Waals surface area contributed by atoms with Gasteiger partial charge >= 0.3 is 0 Å². The predicted molar refractivity (Wildman–Crippen MR) is 240 cm³/mol. The fourth-order valence-corrected chi connectivity index (χ4v) is 8.83. The Labute approximate surface area is 339 Å². The summed E-state index contributed by atoms with van der Waals surface area (Å²) in [7, 11) is 4.31. The molecule has 8 rings (SSSR count). The molecule has 0 saturated heterocycles. The molecule has 2 aromatic heterocycles. The Balaban J connectivity index is 1.14. The first kappa shape index (κ1) is 37.5. The number of rotatable bonds is 7. The van der Waals surface area contributed by atoms with E-state index in [0.29, 0.717) is 0 Å². The molecule has 0 unspecified atom stereocenters. The van der Waals surface area contributed by atoms with Gasteiger partial charge in [0.05, 0.1) is 0 Å². The summed E-state index contributed by atoms with van der Waals surface area (Å²) in [6.45, 7) is 15.5. The Kier molecular flexibility index (Phi) is 10.1. The molecule has 2 heteroatoms. The van der Waals surface area contributed by atoms with E-state index in [1.54, 1.807) is 0 Å². The number of benzene rings is 6. The highest BCUT2D eigenvalue weighted by Gasteiger charge is 2.21. The lowest BCUT2D eigenvalue weighted by atomic mass is 9.90. The Morgan fingerprint density at radius 2 is 0.842 bits per heavy atom. The molecule has 2 heterocycles.